The number of benzene rings is 1. The van der Waals surface area contributed by atoms with E-state index < -0.39 is 52.4 Å². The summed E-state index contributed by atoms with van der Waals surface area (Å²) in [6.07, 6.45) is 2.76. The molecule has 1 aromatic heterocycles. The lowest BCUT2D eigenvalue weighted by atomic mass is 9.51. The van der Waals surface area contributed by atoms with Gasteiger partial charge in [0.15, 0.2) is 11.5 Å². The number of amides is 8. The van der Waals surface area contributed by atoms with E-state index in [-0.39, 0.29) is 32.5 Å². The minimum Gasteiger partial charge on any atom is -0.492 e. The minimum absolute atomic E-state index is 0.0778. The molecule has 2 aromatic rings. The molecule has 0 saturated carbocycles. The van der Waals surface area contributed by atoms with Gasteiger partial charge in [-0.3, -0.25) is 43.8 Å². The highest BCUT2D eigenvalue weighted by Crippen LogP contribution is 2.59. The highest BCUT2D eigenvalue weighted by atomic mass is 16.7. The maximum absolute atomic E-state index is 14.5. The fraction of sp³-hybridized carbons (Fsp3) is 0.433. The third-order valence-electron chi connectivity index (χ3n) is 9.54. The number of fused-ring (bicyclic) bond motifs is 2. The molecular weight excluding hydrogens is 574 g/mol. The summed E-state index contributed by atoms with van der Waals surface area (Å²) < 4.78 is 17.0. The van der Waals surface area contributed by atoms with Gasteiger partial charge in [-0.15, -0.1) is 0 Å². The lowest BCUT2D eigenvalue weighted by Crippen LogP contribution is -2.74. The normalized spacial score (nSPS) is 22.2. The second-order valence-electron chi connectivity index (χ2n) is 11.5. The number of carbonyl (C=O) groups excluding carboxylic acids is 6. The number of imide groups is 4. The number of aromatic nitrogens is 1. The Kier molecular flexibility index (Phi) is 6.63. The van der Waals surface area contributed by atoms with E-state index in [0.717, 1.165) is 25.2 Å². The fourth-order valence-corrected chi connectivity index (χ4v) is 7.30. The number of rotatable bonds is 5. The van der Waals surface area contributed by atoms with Crippen LogP contribution in [0.5, 0.6) is 17.2 Å². The second-order valence-corrected chi connectivity index (χ2v) is 11.5. The highest BCUT2D eigenvalue weighted by Gasteiger charge is 2.71. The van der Waals surface area contributed by atoms with Gasteiger partial charge < -0.3 is 14.2 Å². The van der Waals surface area contributed by atoms with Crippen LogP contribution in [0, 0.1) is 16.7 Å². The van der Waals surface area contributed by atoms with Crippen LogP contribution < -0.4 is 14.2 Å². The minimum atomic E-state index is -2.08. The van der Waals surface area contributed by atoms with E-state index in [2.05, 4.69) is 4.98 Å². The third-order valence-corrected chi connectivity index (χ3v) is 9.54. The quantitative estimate of drug-likeness (QED) is 0.455. The van der Waals surface area contributed by atoms with Crippen molar-refractivity contribution in [1.29, 1.82) is 0 Å². The molecule has 14 nitrogen and oxygen atoms in total. The zero-order valence-electron chi connectivity index (χ0n) is 24.9. The molecule has 3 aliphatic heterocycles. The van der Waals surface area contributed by atoms with Gasteiger partial charge in [-0.05, 0) is 55.0 Å². The van der Waals surface area contributed by atoms with E-state index in [1.807, 2.05) is 0 Å². The average molecular weight is 606 g/mol. The van der Waals surface area contributed by atoms with E-state index >= 15 is 0 Å². The van der Waals surface area contributed by atoms with E-state index in [0.29, 0.717) is 28.4 Å². The number of nitrogens with zero attached hydrogens (tertiary/aromatic N) is 5. The van der Waals surface area contributed by atoms with Gasteiger partial charge in [-0.25, -0.2) is 9.59 Å². The first-order valence-electron chi connectivity index (χ1n) is 14.0. The molecule has 1 atom stereocenters. The number of barbiturate groups is 2. The summed E-state index contributed by atoms with van der Waals surface area (Å²) in [6.45, 7) is -0.0778. The lowest BCUT2D eigenvalue weighted by Gasteiger charge is -2.55. The Balaban J connectivity index is 1.65. The number of urea groups is 2. The molecule has 4 aliphatic rings. The van der Waals surface area contributed by atoms with Crippen molar-refractivity contribution in [1.82, 2.24) is 24.6 Å². The molecule has 230 valence electrons. The standard InChI is InChI=1S/C30H31N5O9/c1-32-23(36)29(24(37)33(2)27(32)40,9-6-16-7-10-31-11-8-16)20-13-18-17(12-19-22(21(18)42-5)44-15-43-19)14-30(20)25(38)34(3)28(41)35(4)26(30)39/h7-8,10-12,20H,6,9,13-15H2,1-5H3/t20-/m0/s1. The van der Waals surface area contributed by atoms with Crippen molar-refractivity contribution in [3.05, 3.63) is 47.3 Å². The van der Waals surface area contributed by atoms with Crippen molar-refractivity contribution in [2.24, 2.45) is 16.7 Å². The first-order valence-corrected chi connectivity index (χ1v) is 14.0. The predicted molar refractivity (Wildman–Crippen MR) is 149 cm³/mol. The molecular formula is C30H31N5O9. The highest BCUT2D eigenvalue weighted by molar-refractivity contribution is 6.23. The van der Waals surface area contributed by atoms with Crippen LogP contribution in [0.25, 0.3) is 0 Å². The van der Waals surface area contributed by atoms with Crippen molar-refractivity contribution in [2.75, 3.05) is 42.1 Å². The number of aryl methyl sites for hydroxylation is 1. The Bertz CT molecular complexity index is 1590. The molecule has 1 aromatic carbocycles. The van der Waals surface area contributed by atoms with Crippen LogP contribution >= 0.6 is 0 Å². The molecule has 1 spiro atoms. The molecule has 1 aliphatic carbocycles. The summed E-state index contributed by atoms with van der Waals surface area (Å²) in [5.74, 6) is -3.73. The molecule has 2 fully saturated rings. The smallest absolute Gasteiger partial charge is 0.332 e. The summed E-state index contributed by atoms with van der Waals surface area (Å²) in [7, 11) is 6.49. The Morgan fingerprint density at radius 2 is 1.43 bits per heavy atom. The monoisotopic (exact) mass is 605 g/mol. The van der Waals surface area contributed by atoms with Crippen molar-refractivity contribution in [2.45, 2.75) is 25.7 Å². The first-order chi connectivity index (χ1) is 20.9. The average Bonchev–Trinajstić information content (AvgIpc) is 3.51. The fourth-order valence-electron chi connectivity index (χ4n) is 7.30. The van der Waals surface area contributed by atoms with Crippen LogP contribution in [-0.2, 0) is 38.4 Å². The molecule has 2 saturated heterocycles. The second kappa shape index (κ2) is 10.0. The maximum Gasteiger partial charge on any atom is 0.332 e. The number of carbonyl (C=O) groups is 6. The summed E-state index contributed by atoms with van der Waals surface area (Å²) >= 11 is 0. The maximum atomic E-state index is 14.5. The van der Waals surface area contributed by atoms with Gasteiger partial charge in [-0.2, -0.15) is 0 Å². The van der Waals surface area contributed by atoms with Crippen molar-refractivity contribution >= 4 is 35.7 Å². The van der Waals surface area contributed by atoms with Gasteiger partial charge in [0.2, 0.25) is 36.2 Å². The lowest BCUT2D eigenvalue weighted by molar-refractivity contribution is -0.178. The molecule has 0 radical (unpaired) electrons. The molecule has 0 bridgehead atoms. The number of methoxy groups -OCH3 is 1. The van der Waals surface area contributed by atoms with Crippen LogP contribution in [0.1, 0.15) is 23.1 Å². The summed E-state index contributed by atoms with van der Waals surface area (Å²) in [5, 5.41) is 0. The zero-order valence-corrected chi connectivity index (χ0v) is 24.9. The Morgan fingerprint density at radius 1 is 0.864 bits per heavy atom. The summed E-state index contributed by atoms with van der Waals surface area (Å²) in [5.41, 5.74) is -2.36. The van der Waals surface area contributed by atoms with Crippen LogP contribution in [0.15, 0.2) is 30.6 Å². The summed E-state index contributed by atoms with van der Waals surface area (Å²) in [6, 6.07) is 3.45. The number of hydrogen-bond donors (Lipinski definition) is 0. The number of pyridine rings is 1. The third kappa shape index (κ3) is 3.69. The SMILES string of the molecule is COc1c2c(cc3c1OCO3)CC1(C(=O)N(C)C(=O)N(C)C1=O)[C@H](C1(CCc3ccncc3)C(=O)N(C)C(=O)N(C)C1=O)C2. The molecule has 14 heteroatoms. The number of hydrogen-bond acceptors (Lipinski definition) is 10. The Labute approximate surface area is 252 Å². The molecule has 44 heavy (non-hydrogen) atoms. The van der Waals surface area contributed by atoms with E-state index in [1.54, 1.807) is 30.6 Å². The van der Waals surface area contributed by atoms with E-state index in [1.165, 1.54) is 35.3 Å². The first kappa shape index (κ1) is 29.1. The van der Waals surface area contributed by atoms with Gasteiger partial charge in [0.05, 0.1) is 7.11 Å². The van der Waals surface area contributed by atoms with Crippen LogP contribution in [0.3, 0.4) is 0 Å². The predicted octanol–water partition coefficient (Wildman–Crippen LogP) is 1.24. The van der Waals surface area contributed by atoms with E-state index in [4.69, 9.17) is 14.2 Å². The zero-order chi connectivity index (χ0) is 31.7. The molecule has 0 N–H and O–H groups in total. The van der Waals surface area contributed by atoms with Gasteiger partial charge in [0.25, 0.3) is 0 Å². The van der Waals surface area contributed by atoms with Gasteiger partial charge >= 0.3 is 12.1 Å². The van der Waals surface area contributed by atoms with Gasteiger partial charge in [-0.1, -0.05) is 0 Å². The van der Waals surface area contributed by atoms with Crippen LogP contribution in [-0.4, -0.2) is 102 Å². The van der Waals surface area contributed by atoms with Crippen molar-refractivity contribution in [3.63, 3.8) is 0 Å². The Hall–Kier alpha value is -5.01. The van der Waals surface area contributed by atoms with Crippen molar-refractivity contribution in [3.8, 4) is 17.2 Å². The van der Waals surface area contributed by atoms with Gasteiger partial charge in [0.1, 0.15) is 10.8 Å². The topological polar surface area (TPSA) is 156 Å². The van der Waals surface area contributed by atoms with Crippen LogP contribution in [0.4, 0.5) is 9.59 Å². The van der Waals surface area contributed by atoms with Crippen LogP contribution in [0.2, 0.25) is 0 Å². The molecule has 8 amide bonds. The molecule has 4 heterocycles. The Morgan fingerprint density at radius 3 is 2.00 bits per heavy atom. The van der Waals surface area contributed by atoms with Gasteiger partial charge in [0, 0.05) is 52.1 Å². The largest absolute Gasteiger partial charge is 0.492 e. The number of ether oxygens (including phenoxy) is 3. The molecule has 6 rings (SSSR count). The van der Waals surface area contributed by atoms with E-state index in [9.17, 15) is 28.8 Å². The van der Waals surface area contributed by atoms with Crippen molar-refractivity contribution < 1.29 is 43.0 Å². The summed E-state index contributed by atoms with van der Waals surface area (Å²) in [4.78, 5) is 91.3. The molecule has 0 unspecified atom stereocenters.